The van der Waals surface area contributed by atoms with Crippen LogP contribution >= 0.6 is 0 Å². The first kappa shape index (κ1) is 20.3. The number of amides is 1. The summed E-state index contributed by atoms with van der Waals surface area (Å²) in [6, 6.07) is 0.343. The van der Waals surface area contributed by atoms with E-state index < -0.39 is 18.4 Å². The van der Waals surface area contributed by atoms with Gasteiger partial charge in [-0.2, -0.15) is 5.10 Å². The number of rotatable bonds is 4. The molecule has 0 aromatic carbocycles. The Kier molecular flexibility index (Phi) is 4.90. The number of hydrazone groups is 1. The third kappa shape index (κ3) is 3.87. The van der Waals surface area contributed by atoms with Crippen LogP contribution in [0.1, 0.15) is 31.7 Å². The molecule has 9 nitrogen and oxygen atoms in total. The van der Waals surface area contributed by atoms with Gasteiger partial charge in [0.15, 0.2) is 6.17 Å². The summed E-state index contributed by atoms with van der Waals surface area (Å²) >= 11 is 0. The number of fused-ring (bicyclic) bond motifs is 1. The molecule has 0 bridgehead atoms. The highest BCUT2D eigenvalue weighted by molar-refractivity contribution is 5.69. The number of hydrogen-bond acceptors (Lipinski definition) is 8. The summed E-state index contributed by atoms with van der Waals surface area (Å²) in [5.74, 6) is 1.59. The van der Waals surface area contributed by atoms with Crippen LogP contribution in [0.3, 0.4) is 0 Å². The van der Waals surface area contributed by atoms with Crippen LogP contribution in [0.25, 0.3) is 0 Å². The molecule has 1 saturated carbocycles. The van der Waals surface area contributed by atoms with E-state index in [-0.39, 0.29) is 12.1 Å². The standard InChI is InChI=1S/C21H29FN6O3/c1-13-18(28-9-14-8-25-26(3)16(14)11-28)23-12-24-19(13)30-17-4-7-27(10-15(17)22)20(29)31-21(2)5-6-21/h8,12,14-17H,4-7,9-11H2,1-3H3/t14?,15-,16?,17+/m0/s1. The highest BCUT2D eigenvalue weighted by Gasteiger charge is 2.44. The summed E-state index contributed by atoms with van der Waals surface area (Å²) in [7, 11) is 1.99. The number of carbonyl (C=O) groups is 1. The van der Waals surface area contributed by atoms with E-state index in [1.54, 1.807) is 0 Å². The van der Waals surface area contributed by atoms with Crippen LogP contribution in [-0.2, 0) is 4.74 Å². The van der Waals surface area contributed by atoms with Gasteiger partial charge < -0.3 is 19.3 Å². The van der Waals surface area contributed by atoms with Gasteiger partial charge in [0, 0.05) is 45.2 Å². The van der Waals surface area contributed by atoms with Gasteiger partial charge in [0.1, 0.15) is 23.9 Å². The lowest BCUT2D eigenvalue weighted by molar-refractivity contribution is 0.00202. The molecule has 10 heteroatoms. The van der Waals surface area contributed by atoms with Crippen LogP contribution in [0.5, 0.6) is 5.88 Å². The number of alkyl halides is 1. The van der Waals surface area contributed by atoms with Gasteiger partial charge in [-0.25, -0.2) is 19.2 Å². The molecule has 5 rings (SSSR count). The fourth-order valence-electron chi connectivity index (χ4n) is 4.54. The van der Waals surface area contributed by atoms with Crippen molar-refractivity contribution < 1.29 is 18.7 Å². The highest BCUT2D eigenvalue weighted by atomic mass is 19.1. The Morgan fingerprint density at radius 2 is 2.06 bits per heavy atom. The molecule has 2 unspecified atom stereocenters. The molecule has 1 aliphatic carbocycles. The topological polar surface area (TPSA) is 83.4 Å². The number of likely N-dealkylation sites (tertiary alicyclic amines) is 1. The summed E-state index contributed by atoms with van der Waals surface area (Å²) in [6.07, 6.45) is 3.20. The second-order valence-corrected chi connectivity index (χ2v) is 9.33. The summed E-state index contributed by atoms with van der Waals surface area (Å²) in [5.41, 5.74) is 0.442. The maximum Gasteiger partial charge on any atom is 0.410 e. The van der Waals surface area contributed by atoms with E-state index >= 15 is 0 Å². The van der Waals surface area contributed by atoms with Crippen molar-refractivity contribution >= 4 is 18.1 Å². The van der Waals surface area contributed by atoms with Crippen LogP contribution in [0.15, 0.2) is 11.4 Å². The fraction of sp³-hybridized carbons (Fsp3) is 0.714. The number of piperidine rings is 1. The van der Waals surface area contributed by atoms with Crippen molar-refractivity contribution in [3.05, 3.63) is 11.9 Å². The Morgan fingerprint density at radius 3 is 2.77 bits per heavy atom. The SMILES string of the molecule is Cc1c(O[C@@H]2CCN(C(=O)OC3(C)CC3)C[C@@H]2F)ncnc1N1CC2C=NN(C)C2C1. The zero-order valence-electron chi connectivity index (χ0n) is 18.2. The van der Waals surface area contributed by atoms with E-state index in [0.717, 1.165) is 37.3 Å². The van der Waals surface area contributed by atoms with E-state index in [1.807, 2.05) is 32.1 Å². The number of likely N-dealkylation sites (N-methyl/N-ethyl adjacent to an activating group) is 1. The largest absolute Gasteiger partial charge is 0.471 e. The van der Waals surface area contributed by atoms with Gasteiger partial charge >= 0.3 is 6.09 Å². The van der Waals surface area contributed by atoms with Crippen molar-refractivity contribution in [2.45, 2.75) is 57.0 Å². The molecule has 0 radical (unpaired) electrons. The van der Waals surface area contributed by atoms with Gasteiger partial charge in [0.05, 0.1) is 18.2 Å². The van der Waals surface area contributed by atoms with Crippen molar-refractivity contribution in [2.24, 2.45) is 11.0 Å². The van der Waals surface area contributed by atoms with Crippen LogP contribution in [0.2, 0.25) is 0 Å². The predicted octanol–water partition coefficient (Wildman–Crippen LogP) is 2.00. The maximum absolute atomic E-state index is 14.9. The van der Waals surface area contributed by atoms with E-state index in [1.165, 1.54) is 11.2 Å². The molecule has 1 aromatic rings. The van der Waals surface area contributed by atoms with Crippen LogP contribution in [0.4, 0.5) is 15.0 Å². The van der Waals surface area contributed by atoms with Crippen LogP contribution < -0.4 is 9.64 Å². The Bertz CT molecular complexity index is 894. The quantitative estimate of drug-likeness (QED) is 0.720. The normalized spacial score (nSPS) is 31.0. The maximum atomic E-state index is 14.9. The molecule has 4 atom stereocenters. The number of hydrogen-bond donors (Lipinski definition) is 0. The average molecular weight is 433 g/mol. The summed E-state index contributed by atoms with van der Waals surface area (Å²) in [4.78, 5) is 24.7. The smallest absolute Gasteiger partial charge is 0.410 e. The molecule has 168 valence electrons. The number of aromatic nitrogens is 2. The molecule has 4 heterocycles. The van der Waals surface area contributed by atoms with Gasteiger partial charge in [-0.05, 0) is 26.7 Å². The van der Waals surface area contributed by atoms with Gasteiger partial charge in [-0.1, -0.05) is 0 Å². The molecule has 1 amide bonds. The Hall–Kier alpha value is -2.65. The minimum Gasteiger partial charge on any atom is -0.471 e. The predicted molar refractivity (Wildman–Crippen MR) is 112 cm³/mol. The number of anilines is 1. The molecule has 3 aliphatic heterocycles. The number of carbonyl (C=O) groups excluding carboxylic acids is 1. The first-order valence-corrected chi connectivity index (χ1v) is 10.9. The Morgan fingerprint density at radius 1 is 1.26 bits per heavy atom. The molecular weight excluding hydrogens is 403 g/mol. The molecule has 31 heavy (non-hydrogen) atoms. The van der Waals surface area contributed by atoms with Crippen LogP contribution in [0, 0.1) is 12.8 Å². The molecule has 2 saturated heterocycles. The molecule has 0 spiro atoms. The minimum atomic E-state index is -1.30. The van der Waals surface area contributed by atoms with Crippen LogP contribution in [-0.4, -0.2) is 89.3 Å². The Balaban J connectivity index is 1.22. The third-order valence-electron chi connectivity index (χ3n) is 6.85. The monoisotopic (exact) mass is 432 g/mol. The fourth-order valence-corrected chi connectivity index (χ4v) is 4.54. The van der Waals surface area contributed by atoms with Crippen molar-refractivity contribution in [3.63, 3.8) is 0 Å². The first-order chi connectivity index (χ1) is 14.8. The highest BCUT2D eigenvalue weighted by Crippen LogP contribution is 2.39. The lowest BCUT2D eigenvalue weighted by atomic mass is 10.1. The number of nitrogens with zero attached hydrogens (tertiary/aromatic N) is 6. The zero-order valence-corrected chi connectivity index (χ0v) is 18.2. The van der Waals surface area contributed by atoms with Crippen molar-refractivity contribution in [1.82, 2.24) is 19.9 Å². The van der Waals surface area contributed by atoms with E-state index in [2.05, 4.69) is 20.0 Å². The average Bonchev–Trinajstić information content (AvgIpc) is 3.16. The molecule has 4 aliphatic rings. The Labute approximate surface area is 181 Å². The van der Waals surface area contributed by atoms with Crippen molar-refractivity contribution in [1.29, 1.82) is 0 Å². The summed E-state index contributed by atoms with van der Waals surface area (Å²) < 4.78 is 26.3. The van der Waals surface area contributed by atoms with Gasteiger partial charge in [-0.15, -0.1) is 0 Å². The second-order valence-electron chi connectivity index (χ2n) is 9.33. The lowest BCUT2D eigenvalue weighted by Crippen LogP contribution is -2.50. The summed E-state index contributed by atoms with van der Waals surface area (Å²) in [5, 5.41) is 6.36. The molecular formula is C21H29FN6O3. The molecule has 1 aromatic heterocycles. The lowest BCUT2D eigenvalue weighted by Gasteiger charge is -2.34. The first-order valence-electron chi connectivity index (χ1n) is 10.9. The van der Waals surface area contributed by atoms with Gasteiger partial charge in [-0.3, -0.25) is 5.01 Å². The second kappa shape index (κ2) is 7.49. The van der Waals surface area contributed by atoms with Gasteiger partial charge in [0.2, 0.25) is 5.88 Å². The van der Waals surface area contributed by atoms with E-state index in [4.69, 9.17) is 9.47 Å². The number of ether oxygens (including phenoxy) is 2. The van der Waals surface area contributed by atoms with Crippen molar-refractivity contribution in [2.75, 3.05) is 38.1 Å². The number of halogens is 1. The zero-order chi connectivity index (χ0) is 21.8. The molecule has 0 N–H and O–H groups in total. The molecule has 3 fully saturated rings. The van der Waals surface area contributed by atoms with Crippen molar-refractivity contribution in [3.8, 4) is 5.88 Å². The van der Waals surface area contributed by atoms with E-state index in [0.29, 0.717) is 30.8 Å². The van der Waals surface area contributed by atoms with E-state index in [9.17, 15) is 9.18 Å². The van der Waals surface area contributed by atoms with Gasteiger partial charge in [0.25, 0.3) is 0 Å². The summed E-state index contributed by atoms with van der Waals surface area (Å²) in [6.45, 7) is 5.84. The minimum absolute atomic E-state index is 0.0300. The third-order valence-corrected chi connectivity index (χ3v) is 6.85.